The fourth-order valence-electron chi connectivity index (χ4n) is 2.12. The highest BCUT2D eigenvalue weighted by molar-refractivity contribution is 7.09. The molecule has 0 radical (unpaired) electrons. The Morgan fingerprint density at radius 1 is 1.53 bits per heavy atom. The van der Waals surface area contributed by atoms with Crippen LogP contribution < -0.4 is 11.1 Å². The molecular formula is C12H17N3O3S. The SMILES string of the molecule is NCC1(C(=O)NCCc2nc(C(=O)O)cs2)CCC1. The summed E-state index contributed by atoms with van der Waals surface area (Å²) in [7, 11) is 0. The van der Waals surface area contributed by atoms with Crippen LogP contribution in [-0.4, -0.2) is 35.1 Å². The van der Waals surface area contributed by atoms with Crippen LogP contribution in [0, 0.1) is 5.41 Å². The lowest BCUT2D eigenvalue weighted by Crippen LogP contribution is -2.50. The van der Waals surface area contributed by atoms with E-state index >= 15 is 0 Å². The maximum atomic E-state index is 12.0. The Morgan fingerprint density at radius 2 is 2.26 bits per heavy atom. The van der Waals surface area contributed by atoms with Gasteiger partial charge in [-0.2, -0.15) is 0 Å². The van der Waals surface area contributed by atoms with Crippen LogP contribution in [-0.2, 0) is 11.2 Å². The number of carbonyl (C=O) groups excluding carboxylic acids is 1. The van der Waals surface area contributed by atoms with Crippen molar-refractivity contribution in [3.05, 3.63) is 16.1 Å². The Morgan fingerprint density at radius 3 is 2.74 bits per heavy atom. The van der Waals surface area contributed by atoms with E-state index in [4.69, 9.17) is 10.8 Å². The third-order valence-electron chi connectivity index (χ3n) is 3.58. The maximum absolute atomic E-state index is 12.0. The highest BCUT2D eigenvalue weighted by Crippen LogP contribution is 2.39. The number of aromatic carboxylic acids is 1. The minimum atomic E-state index is -1.02. The van der Waals surface area contributed by atoms with Crippen LogP contribution in [0.1, 0.15) is 34.8 Å². The summed E-state index contributed by atoms with van der Waals surface area (Å²) in [6, 6.07) is 0. The maximum Gasteiger partial charge on any atom is 0.355 e. The predicted octanol–water partition coefficient (Wildman–Crippen LogP) is 0.629. The van der Waals surface area contributed by atoms with E-state index in [1.807, 2.05) is 0 Å². The number of hydrogen-bond donors (Lipinski definition) is 3. The van der Waals surface area contributed by atoms with Crippen molar-refractivity contribution >= 4 is 23.2 Å². The molecule has 1 aliphatic carbocycles. The first-order valence-corrected chi connectivity index (χ1v) is 7.11. The average Bonchev–Trinajstić information content (AvgIpc) is 2.77. The second-order valence-corrected chi connectivity index (χ2v) is 5.72. The minimum absolute atomic E-state index is 0.0104. The summed E-state index contributed by atoms with van der Waals surface area (Å²) in [5.41, 5.74) is 5.35. The van der Waals surface area contributed by atoms with Crippen molar-refractivity contribution < 1.29 is 14.7 Å². The van der Waals surface area contributed by atoms with Crippen molar-refractivity contribution in [2.45, 2.75) is 25.7 Å². The van der Waals surface area contributed by atoms with Crippen molar-refractivity contribution in [3.63, 3.8) is 0 Å². The summed E-state index contributed by atoms with van der Waals surface area (Å²) in [4.78, 5) is 26.6. The Hall–Kier alpha value is -1.47. The molecule has 0 unspecified atom stereocenters. The van der Waals surface area contributed by atoms with Gasteiger partial charge in [-0.05, 0) is 12.8 Å². The highest BCUT2D eigenvalue weighted by Gasteiger charge is 2.42. The van der Waals surface area contributed by atoms with Gasteiger partial charge in [0.15, 0.2) is 5.69 Å². The first-order valence-electron chi connectivity index (χ1n) is 6.23. The average molecular weight is 283 g/mol. The van der Waals surface area contributed by atoms with Gasteiger partial charge in [-0.3, -0.25) is 4.79 Å². The third kappa shape index (κ3) is 2.93. The van der Waals surface area contributed by atoms with Gasteiger partial charge in [0, 0.05) is 24.9 Å². The molecule has 1 heterocycles. The Kier molecular flexibility index (Phi) is 4.16. The van der Waals surface area contributed by atoms with Crippen LogP contribution in [0.25, 0.3) is 0 Å². The lowest BCUT2D eigenvalue weighted by molar-refractivity contribution is -0.135. The van der Waals surface area contributed by atoms with Gasteiger partial charge in [0.05, 0.1) is 10.4 Å². The lowest BCUT2D eigenvalue weighted by Gasteiger charge is -2.39. The number of nitrogens with two attached hydrogens (primary N) is 1. The van der Waals surface area contributed by atoms with Gasteiger partial charge in [-0.1, -0.05) is 6.42 Å². The van der Waals surface area contributed by atoms with E-state index in [1.54, 1.807) is 0 Å². The second-order valence-electron chi connectivity index (χ2n) is 4.78. The van der Waals surface area contributed by atoms with Crippen LogP contribution in [0.3, 0.4) is 0 Å². The van der Waals surface area contributed by atoms with Crippen LogP contribution >= 0.6 is 11.3 Å². The summed E-state index contributed by atoms with van der Waals surface area (Å²) >= 11 is 1.29. The van der Waals surface area contributed by atoms with Crippen molar-refractivity contribution in [1.29, 1.82) is 0 Å². The number of rotatable bonds is 6. The molecule has 1 saturated carbocycles. The molecule has 2 rings (SSSR count). The van der Waals surface area contributed by atoms with E-state index in [0.29, 0.717) is 24.5 Å². The number of nitrogens with zero attached hydrogens (tertiary/aromatic N) is 1. The van der Waals surface area contributed by atoms with Gasteiger partial charge >= 0.3 is 5.97 Å². The number of carbonyl (C=O) groups is 2. The molecule has 0 spiro atoms. The smallest absolute Gasteiger partial charge is 0.355 e. The second kappa shape index (κ2) is 5.66. The molecule has 0 bridgehead atoms. The number of aromatic nitrogens is 1. The Labute approximate surface area is 115 Å². The molecule has 4 N–H and O–H groups in total. The molecule has 7 heteroatoms. The molecule has 104 valence electrons. The van der Waals surface area contributed by atoms with E-state index in [-0.39, 0.29) is 17.0 Å². The molecule has 0 aliphatic heterocycles. The number of thiazole rings is 1. The molecule has 1 amide bonds. The highest BCUT2D eigenvalue weighted by atomic mass is 32.1. The zero-order chi connectivity index (χ0) is 13.9. The summed E-state index contributed by atoms with van der Waals surface area (Å²) in [6.07, 6.45) is 3.31. The first kappa shape index (κ1) is 14.0. The molecular weight excluding hydrogens is 266 g/mol. The number of nitrogens with one attached hydrogen (secondary N) is 1. The Bertz CT molecular complexity index is 477. The van der Waals surface area contributed by atoms with E-state index in [2.05, 4.69) is 10.3 Å². The quantitative estimate of drug-likeness (QED) is 0.710. The van der Waals surface area contributed by atoms with Crippen molar-refractivity contribution in [3.8, 4) is 0 Å². The molecule has 1 aromatic heterocycles. The third-order valence-corrected chi connectivity index (χ3v) is 4.49. The number of hydrogen-bond acceptors (Lipinski definition) is 5. The van der Waals surface area contributed by atoms with Gasteiger partial charge < -0.3 is 16.2 Å². The monoisotopic (exact) mass is 283 g/mol. The summed E-state index contributed by atoms with van der Waals surface area (Å²) in [5, 5.41) is 13.8. The number of carboxylic acids is 1. The molecule has 1 aliphatic rings. The first-order chi connectivity index (χ1) is 9.07. The summed E-state index contributed by atoms with van der Waals surface area (Å²) < 4.78 is 0. The van der Waals surface area contributed by atoms with Crippen molar-refractivity contribution in [1.82, 2.24) is 10.3 Å². The molecule has 1 aromatic rings. The van der Waals surface area contributed by atoms with Crippen LogP contribution in [0.2, 0.25) is 0 Å². The normalized spacial score (nSPS) is 16.7. The summed E-state index contributed by atoms with van der Waals surface area (Å²) in [5.74, 6) is -1.01. The zero-order valence-corrected chi connectivity index (χ0v) is 11.3. The van der Waals surface area contributed by atoms with Crippen molar-refractivity contribution in [2.24, 2.45) is 11.1 Å². The number of amides is 1. The molecule has 19 heavy (non-hydrogen) atoms. The van der Waals surface area contributed by atoms with E-state index in [1.165, 1.54) is 16.7 Å². The molecule has 0 saturated heterocycles. The largest absolute Gasteiger partial charge is 0.476 e. The number of carboxylic acid groups (broad SMARTS) is 1. The van der Waals surface area contributed by atoms with Crippen LogP contribution in [0.5, 0.6) is 0 Å². The minimum Gasteiger partial charge on any atom is -0.476 e. The molecule has 6 nitrogen and oxygen atoms in total. The molecule has 0 atom stereocenters. The van der Waals surface area contributed by atoms with E-state index in [9.17, 15) is 9.59 Å². The standard InChI is InChI=1S/C12H17N3O3S/c13-7-12(3-1-4-12)11(18)14-5-2-9-15-8(6-19-9)10(16)17/h6H,1-5,7,13H2,(H,14,18)(H,16,17). The van der Waals surface area contributed by atoms with Crippen LogP contribution in [0.15, 0.2) is 5.38 Å². The van der Waals surface area contributed by atoms with Gasteiger partial charge in [0.25, 0.3) is 0 Å². The topological polar surface area (TPSA) is 105 Å². The molecule has 0 aromatic carbocycles. The fraction of sp³-hybridized carbons (Fsp3) is 0.583. The van der Waals surface area contributed by atoms with E-state index < -0.39 is 5.97 Å². The Balaban J connectivity index is 1.79. The fourth-order valence-corrected chi connectivity index (χ4v) is 2.89. The lowest BCUT2D eigenvalue weighted by atomic mass is 9.68. The predicted molar refractivity (Wildman–Crippen MR) is 71.1 cm³/mol. The summed E-state index contributed by atoms with van der Waals surface area (Å²) in [6.45, 7) is 0.854. The zero-order valence-electron chi connectivity index (χ0n) is 10.5. The van der Waals surface area contributed by atoms with E-state index in [0.717, 1.165) is 19.3 Å². The van der Waals surface area contributed by atoms with Crippen molar-refractivity contribution in [2.75, 3.05) is 13.1 Å². The van der Waals surface area contributed by atoms with Crippen LogP contribution in [0.4, 0.5) is 0 Å². The van der Waals surface area contributed by atoms with Gasteiger partial charge in [0.1, 0.15) is 0 Å². The van der Waals surface area contributed by atoms with Gasteiger partial charge in [0.2, 0.25) is 5.91 Å². The van der Waals surface area contributed by atoms with Gasteiger partial charge in [-0.25, -0.2) is 9.78 Å². The van der Waals surface area contributed by atoms with Gasteiger partial charge in [-0.15, -0.1) is 11.3 Å². The molecule has 1 fully saturated rings.